The van der Waals surface area contributed by atoms with Crippen LogP contribution >= 0.6 is 0 Å². The average molecular weight is 250 g/mol. The van der Waals surface area contributed by atoms with Gasteiger partial charge < -0.3 is 0 Å². The minimum absolute atomic E-state index is 0.0492. The zero-order valence-electron chi connectivity index (χ0n) is 11.4. The van der Waals surface area contributed by atoms with Crippen LogP contribution in [0.5, 0.6) is 0 Å². The van der Waals surface area contributed by atoms with Gasteiger partial charge in [-0.05, 0) is 18.1 Å². The number of benzene rings is 2. The molecule has 2 nitrogen and oxygen atoms in total. The lowest BCUT2D eigenvalue weighted by Gasteiger charge is -2.32. The van der Waals surface area contributed by atoms with Crippen molar-refractivity contribution in [1.82, 2.24) is 5.01 Å². The fourth-order valence-corrected chi connectivity index (χ4v) is 2.64. The smallest absolute Gasteiger partial charge is 0.0852 e. The Labute approximate surface area is 114 Å². The summed E-state index contributed by atoms with van der Waals surface area (Å²) in [5, 5.41) is 6.83. The summed E-state index contributed by atoms with van der Waals surface area (Å²) in [6.07, 6.45) is 0.942. The van der Waals surface area contributed by atoms with Crippen LogP contribution in [0.1, 0.15) is 24.5 Å². The quantitative estimate of drug-likeness (QED) is 0.794. The Morgan fingerprint density at radius 2 is 1.53 bits per heavy atom. The van der Waals surface area contributed by atoms with E-state index < -0.39 is 0 Å². The fourth-order valence-electron chi connectivity index (χ4n) is 2.64. The van der Waals surface area contributed by atoms with Gasteiger partial charge in [0, 0.05) is 13.5 Å². The van der Waals surface area contributed by atoms with Crippen molar-refractivity contribution >= 4 is 5.71 Å². The van der Waals surface area contributed by atoms with Crippen molar-refractivity contribution < 1.29 is 0 Å². The highest BCUT2D eigenvalue weighted by Crippen LogP contribution is 2.37. The molecule has 96 valence electrons. The highest BCUT2D eigenvalue weighted by molar-refractivity contribution is 6.02. The molecule has 0 spiro atoms. The zero-order valence-corrected chi connectivity index (χ0v) is 11.4. The largest absolute Gasteiger partial charge is 0.289 e. The van der Waals surface area contributed by atoms with Crippen molar-refractivity contribution in [2.45, 2.75) is 18.9 Å². The molecule has 1 heterocycles. The van der Waals surface area contributed by atoms with Crippen molar-refractivity contribution in [1.29, 1.82) is 0 Å². The maximum Gasteiger partial charge on any atom is 0.0852 e. The molecule has 2 aromatic carbocycles. The molecule has 0 aliphatic carbocycles. The summed E-state index contributed by atoms with van der Waals surface area (Å²) in [5.74, 6) is 0. The molecule has 0 saturated carbocycles. The molecule has 2 heteroatoms. The predicted octanol–water partition coefficient (Wildman–Crippen LogP) is 3.64. The van der Waals surface area contributed by atoms with E-state index in [9.17, 15) is 0 Å². The van der Waals surface area contributed by atoms with E-state index in [-0.39, 0.29) is 5.54 Å². The lowest BCUT2D eigenvalue weighted by Crippen LogP contribution is -2.34. The van der Waals surface area contributed by atoms with Crippen molar-refractivity contribution in [2.24, 2.45) is 5.10 Å². The molecule has 1 aliphatic rings. The van der Waals surface area contributed by atoms with E-state index in [1.54, 1.807) is 0 Å². The lowest BCUT2D eigenvalue weighted by atomic mass is 9.86. The van der Waals surface area contributed by atoms with E-state index in [0.717, 1.165) is 12.1 Å². The normalized spacial score (nSPS) is 22.4. The van der Waals surface area contributed by atoms with Crippen LogP contribution < -0.4 is 0 Å². The molecule has 3 rings (SSSR count). The molecule has 1 atom stereocenters. The van der Waals surface area contributed by atoms with Gasteiger partial charge >= 0.3 is 0 Å². The molecule has 0 fully saturated rings. The Morgan fingerprint density at radius 3 is 2.16 bits per heavy atom. The van der Waals surface area contributed by atoms with Crippen LogP contribution in [0.3, 0.4) is 0 Å². The van der Waals surface area contributed by atoms with Crippen LogP contribution in [0.2, 0.25) is 0 Å². The van der Waals surface area contributed by atoms with Gasteiger partial charge in [-0.25, -0.2) is 0 Å². The fraction of sp³-hybridized carbons (Fsp3) is 0.235. The first-order valence-electron chi connectivity index (χ1n) is 6.62. The predicted molar refractivity (Wildman–Crippen MR) is 79.2 cm³/mol. The number of hydrogen-bond donors (Lipinski definition) is 0. The van der Waals surface area contributed by atoms with E-state index in [1.807, 2.05) is 6.07 Å². The van der Waals surface area contributed by atoms with Crippen LogP contribution in [-0.2, 0) is 5.54 Å². The lowest BCUT2D eigenvalue weighted by molar-refractivity contribution is 0.174. The molecular formula is C17H18N2. The number of hydrogen-bond acceptors (Lipinski definition) is 2. The van der Waals surface area contributed by atoms with E-state index in [4.69, 9.17) is 5.10 Å². The molecule has 1 aliphatic heterocycles. The molecular weight excluding hydrogens is 232 g/mol. The highest BCUT2D eigenvalue weighted by atomic mass is 15.5. The van der Waals surface area contributed by atoms with Crippen LogP contribution in [0.15, 0.2) is 65.8 Å². The standard InChI is InChI=1S/C17H18N2/c1-17(15-11-7-4-8-12-15)13-16(18-19(17)2)14-9-5-3-6-10-14/h3-12H,13H2,1-2H3. The van der Waals surface area contributed by atoms with Crippen LogP contribution in [-0.4, -0.2) is 17.8 Å². The summed E-state index contributed by atoms with van der Waals surface area (Å²) < 4.78 is 0. The summed E-state index contributed by atoms with van der Waals surface area (Å²) in [6.45, 7) is 2.25. The minimum atomic E-state index is -0.0492. The van der Waals surface area contributed by atoms with Gasteiger partial charge in [-0.1, -0.05) is 60.7 Å². The van der Waals surface area contributed by atoms with Crippen LogP contribution in [0, 0.1) is 0 Å². The molecule has 0 N–H and O–H groups in total. The number of rotatable bonds is 2. The summed E-state index contributed by atoms with van der Waals surface area (Å²) in [7, 11) is 2.06. The Balaban J connectivity index is 1.94. The molecule has 0 amide bonds. The molecule has 19 heavy (non-hydrogen) atoms. The van der Waals surface area contributed by atoms with Crippen molar-refractivity contribution in [3.8, 4) is 0 Å². The second-order valence-corrected chi connectivity index (χ2v) is 5.25. The van der Waals surface area contributed by atoms with E-state index in [0.29, 0.717) is 0 Å². The van der Waals surface area contributed by atoms with Crippen molar-refractivity contribution in [3.63, 3.8) is 0 Å². The first-order valence-corrected chi connectivity index (χ1v) is 6.62. The van der Waals surface area contributed by atoms with Gasteiger partial charge in [0.15, 0.2) is 0 Å². The average Bonchev–Trinajstić information content (AvgIpc) is 2.78. The highest BCUT2D eigenvalue weighted by Gasteiger charge is 2.37. The van der Waals surface area contributed by atoms with Gasteiger partial charge in [0.05, 0.1) is 11.3 Å². The van der Waals surface area contributed by atoms with Gasteiger partial charge in [-0.15, -0.1) is 0 Å². The third kappa shape index (κ3) is 2.03. The third-order valence-corrected chi connectivity index (χ3v) is 4.00. The number of nitrogens with zero attached hydrogens (tertiary/aromatic N) is 2. The summed E-state index contributed by atoms with van der Waals surface area (Å²) in [5.41, 5.74) is 3.64. The third-order valence-electron chi connectivity index (χ3n) is 4.00. The molecule has 0 aromatic heterocycles. The summed E-state index contributed by atoms with van der Waals surface area (Å²) in [4.78, 5) is 0. The second-order valence-electron chi connectivity index (χ2n) is 5.25. The van der Waals surface area contributed by atoms with Gasteiger partial charge in [0.2, 0.25) is 0 Å². The molecule has 0 saturated heterocycles. The maximum absolute atomic E-state index is 4.74. The zero-order chi connectivity index (χ0) is 13.3. The Hall–Kier alpha value is -2.09. The van der Waals surface area contributed by atoms with Gasteiger partial charge in [0.1, 0.15) is 0 Å². The van der Waals surface area contributed by atoms with Gasteiger partial charge in [-0.3, -0.25) is 5.01 Å². The second kappa shape index (κ2) is 4.54. The molecule has 1 unspecified atom stereocenters. The summed E-state index contributed by atoms with van der Waals surface area (Å²) in [6, 6.07) is 21.0. The van der Waals surface area contributed by atoms with E-state index in [2.05, 4.69) is 73.6 Å². The first-order chi connectivity index (χ1) is 9.20. The van der Waals surface area contributed by atoms with Gasteiger partial charge in [0.25, 0.3) is 0 Å². The van der Waals surface area contributed by atoms with Crippen LogP contribution in [0.25, 0.3) is 0 Å². The first kappa shape index (κ1) is 12.0. The van der Waals surface area contributed by atoms with E-state index in [1.165, 1.54) is 11.1 Å². The van der Waals surface area contributed by atoms with E-state index >= 15 is 0 Å². The Morgan fingerprint density at radius 1 is 0.947 bits per heavy atom. The number of hydrazone groups is 1. The Bertz CT molecular complexity index is 589. The monoisotopic (exact) mass is 250 g/mol. The Kier molecular flexibility index (Phi) is 2.86. The molecule has 0 radical (unpaired) electrons. The SMILES string of the molecule is CN1N=C(c2ccccc2)CC1(C)c1ccccc1. The molecule has 0 bridgehead atoms. The molecule has 2 aromatic rings. The van der Waals surface area contributed by atoms with Crippen LogP contribution in [0.4, 0.5) is 0 Å². The maximum atomic E-state index is 4.74. The van der Waals surface area contributed by atoms with Gasteiger partial charge in [-0.2, -0.15) is 5.10 Å². The van der Waals surface area contributed by atoms with Crippen molar-refractivity contribution in [2.75, 3.05) is 7.05 Å². The topological polar surface area (TPSA) is 15.6 Å². The minimum Gasteiger partial charge on any atom is -0.289 e. The van der Waals surface area contributed by atoms with Crippen molar-refractivity contribution in [3.05, 3.63) is 71.8 Å². The summed E-state index contributed by atoms with van der Waals surface area (Å²) >= 11 is 0.